The van der Waals surface area contributed by atoms with Crippen LogP contribution in [-0.2, 0) is 16.0 Å². The summed E-state index contributed by atoms with van der Waals surface area (Å²) in [4.78, 5) is 23.5. The minimum atomic E-state index is -0.432. The molecule has 0 aromatic heterocycles. The van der Waals surface area contributed by atoms with Crippen LogP contribution in [0.2, 0.25) is 0 Å². The zero-order valence-electron chi connectivity index (χ0n) is 11.7. The second kappa shape index (κ2) is 7.24. The number of hydrogen-bond acceptors (Lipinski definition) is 4. The van der Waals surface area contributed by atoms with E-state index in [1.807, 2.05) is 30.3 Å². The lowest BCUT2D eigenvalue weighted by Crippen LogP contribution is -2.12. The van der Waals surface area contributed by atoms with Crippen molar-refractivity contribution in [3.05, 3.63) is 65.7 Å². The average Bonchev–Trinajstić information content (AvgIpc) is 2.48. The van der Waals surface area contributed by atoms with Crippen molar-refractivity contribution in [1.29, 1.82) is 0 Å². The first-order valence-corrected chi connectivity index (χ1v) is 6.71. The zero-order chi connectivity index (χ0) is 15.1. The molecular weight excluding hydrogens is 268 g/mol. The first-order valence-electron chi connectivity index (χ1n) is 6.71. The third kappa shape index (κ3) is 4.45. The van der Waals surface area contributed by atoms with Gasteiger partial charge in [-0.3, -0.25) is 4.79 Å². The average molecular weight is 284 g/mol. The first-order chi connectivity index (χ1) is 10.2. The SMILES string of the molecule is CCOC(=O)c1cccc(OC(=O)Cc2ccccc2)c1. The first kappa shape index (κ1) is 14.8. The van der Waals surface area contributed by atoms with E-state index in [4.69, 9.17) is 9.47 Å². The second-order valence-electron chi connectivity index (χ2n) is 4.38. The van der Waals surface area contributed by atoms with Gasteiger partial charge in [0.1, 0.15) is 5.75 Å². The van der Waals surface area contributed by atoms with Crippen molar-refractivity contribution in [2.75, 3.05) is 6.61 Å². The maximum Gasteiger partial charge on any atom is 0.338 e. The van der Waals surface area contributed by atoms with Crippen LogP contribution in [0.15, 0.2) is 54.6 Å². The van der Waals surface area contributed by atoms with Crippen molar-refractivity contribution in [2.45, 2.75) is 13.3 Å². The summed E-state index contributed by atoms with van der Waals surface area (Å²) >= 11 is 0. The fourth-order valence-electron chi connectivity index (χ4n) is 1.83. The van der Waals surface area contributed by atoms with Crippen molar-refractivity contribution in [3.8, 4) is 5.75 Å². The summed E-state index contributed by atoms with van der Waals surface area (Å²) in [6.07, 6.45) is 0.185. The molecule has 2 rings (SSSR count). The third-order valence-electron chi connectivity index (χ3n) is 2.77. The summed E-state index contributed by atoms with van der Waals surface area (Å²) in [5.74, 6) is -0.470. The Morgan fingerprint density at radius 2 is 1.76 bits per heavy atom. The molecule has 4 nitrogen and oxygen atoms in total. The highest BCUT2D eigenvalue weighted by Crippen LogP contribution is 2.15. The Bertz CT molecular complexity index is 620. The molecule has 0 saturated carbocycles. The van der Waals surface area contributed by atoms with E-state index in [0.29, 0.717) is 17.9 Å². The maximum atomic E-state index is 11.9. The lowest BCUT2D eigenvalue weighted by atomic mass is 10.1. The highest BCUT2D eigenvalue weighted by Gasteiger charge is 2.10. The Kier molecular flexibility index (Phi) is 5.10. The van der Waals surface area contributed by atoms with E-state index in [9.17, 15) is 9.59 Å². The molecule has 0 amide bonds. The highest BCUT2D eigenvalue weighted by molar-refractivity contribution is 5.90. The number of esters is 2. The van der Waals surface area contributed by atoms with Crippen LogP contribution in [0.3, 0.4) is 0 Å². The molecule has 108 valence electrons. The van der Waals surface area contributed by atoms with Gasteiger partial charge in [0.2, 0.25) is 0 Å². The van der Waals surface area contributed by atoms with Gasteiger partial charge in [-0.05, 0) is 30.7 Å². The molecule has 0 bridgehead atoms. The quantitative estimate of drug-likeness (QED) is 0.625. The summed E-state index contributed by atoms with van der Waals surface area (Å²) < 4.78 is 10.1. The van der Waals surface area contributed by atoms with Gasteiger partial charge in [0, 0.05) is 0 Å². The van der Waals surface area contributed by atoms with Crippen LogP contribution < -0.4 is 4.74 Å². The van der Waals surface area contributed by atoms with E-state index in [1.165, 1.54) is 6.07 Å². The molecule has 0 aliphatic rings. The van der Waals surface area contributed by atoms with Gasteiger partial charge >= 0.3 is 11.9 Å². The van der Waals surface area contributed by atoms with Crippen LogP contribution in [0.25, 0.3) is 0 Å². The highest BCUT2D eigenvalue weighted by atomic mass is 16.5. The van der Waals surface area contributed by atoms with E-state index in [2.05, 4.69) is 0 Å². The smallest absolute Gasteiger partial charge is 0.338 e. The summed E-state index contributed by atoms with van der Waals surface area (Å²) in [7, 11) is 0. The van der Waals surface area contributed by atoms with Crippen LogP contribution in [0.4, 0.5) is 0 Å². The van der Waals surface area contributed by atoms with Crippen LogP contribution in [0.5, 0.6) is 5.75 Å². The second-order valence-corrected chi connectivity index (χ2v) is 4.38. The van der Waals surface area contributed by atoms with Crippen molar-refractivity contribution < 1.29 is 19.1 Å². The molecule has 4 heteroatoms. The van der Waals surface area contributed by atoms with Crippen LogP contribution in [-0.4, -0.2) is 18.5 Å². The van der Waals surface area contributed by atoms with Crippen molar-refractivity contribution in [3.63, 3.8) is 0 Å². The van der Waals surface area contributed by atoms with Gasteiger partial charge < -0.3 is 9.47 Å². The van der Waals surface area contributed by atoms with E-state index < -0.39 is 5.97 Å². The van der Waals surface area contributed by atoms with Crippen molar-refractivity contribution >= 4 is 11.9 Å². The number of hydrogen-bond donors (Lipinski definition) is 0. The van der Waals surface area contributed by atoms with Gasteiger partial charge in [-0.2, -0.15) is 0 Å². The molecule has 0 N–H and O–H groups in total. The Hall–Kier alpha value is -2.62. The van der Waals surface area contributed by atoms with E-state index in [0.717, 1.165) is 5.56 Å². The summed E-state index contributed by atoms with van der Waals surface area (Å²) in [5.41, 5.74) is 1.24. The van der Waals surface area contributed by atoms with Crippen LogP contribution in [0, 0.1) is 0 Å². The molecule has 2 aromatic carbocycles. The van der Waals surface area contributed by atoms with Gasteiger partial charge in [-0.1, -0.05) is 36.4 Å². The standard InChI is InChI=1S/C17H16O4/c1-2-20-17(19)14-9-6-10-15(12-14)21-16(18)11-13-7-4-3-5-8-13/h3-10,12H,2,11H2,1H3. The largest absolute Gasteiger partial charge is 0.462 e. The molecule has 0 aliphatic carbocycles. The third-order valence-corrected chi connectivity index (χ3v) is 2.77. The number of carbonyl (C=O) groups excluding carboxylic acids is 2. The summed E-state index contributed by atoms with van der Waals surface area (Å²) in [6, 6.07) is 15.7. The van der Waals surface area contributed by atoms with Crippen LogP contribution >= 0.6 is 0 Å². The Morgan fingerprint density at radius 1 is 1.00 bits per heavy atom. The molecule has 21 heavy (non-hydrogen) atoms. The minimum Gasteiger partial charge on any atom is -0.462 e. The Morgan fingerprint density at radius 3 is 2.48 bits per heavy atom. The molecule has 2 aromatic rings. The topological polar surface area (TPSA) is 52.6 Å². The molecule has 0 heterocycles. The number of carbonyl (C=O) groups is 2. The van der Waals surface area contributed by atoms with Gasteiger partial charge in [0.15, 0.2) is 0 Å². The Balaban J connectivity index is 2.01. The fourth-order valence-corrected chi connectivity index (χ4v) is 1.83. The lowest BCUT2D eigenvalue weighted by Gasteiger charge is -2.06. The monoisotopic (exact) mass is 284 g/mol. The van der Waals surface area contributed by atoms with Crippen LogP contribution in [0.1, 0.15) is 22.8 Å². The van der Waals surface area contributed by atoms with Gasteiger partial charge in [-0.25, -0.2) is 4.79 Å². The molecule has 0 aliphatic heterocycles. The maximum absolute atomic E-state index is 11.9. The van der Waals surface area contributed by atoms with Gasteiger partial charge in [0.25, 0.3) is 0 Å². The Labute approximate surface area is 123 Å². The van der Waals surface area contributed by atoms with Gasteiger partial charge in [-0.15, -0.1) is 0 Å². The van der Waals surface area contributed by atoms with E-state index >= 15 is 0 Å². The van der Waals surface area contributed by atoms with Crippen molar-refractivity contribution in [1.82, 2.24) is 0 Å². The van der Waals surface area contributed by atoms with Gasteiger partial charge in [0.05, 0.1) is 18.6 Å². The molecule has 0 atom stereocenters. The molecule has 0 unspecified atom stereocenters. The van der Waals surface area contributed by atoms with Crippen molar-refractivity contribution in [2.24, 2.45) is 0 Å². The summed E-state index contributed by atoms with van der Waals surface area (Å²) in [5, 5.41) is 0. The number of rotatable bonds is 5. The predicted octanol–water partition coefficient (Wildman–Crippen LogP) is 3.01. The number of ether oxygens (including phenoxy) is 2. The van der Waals surface area contributed by atoms with E-state index in [-0.39, 0.29) is 12.4 Å². The lowest BCUT2D eigenvalue weighted by molar-refractivity contribution is -0.133. The normalized spacial score (nSPS) is 9.95. The molecule has 0 saturated heterocycles. The molecule has 0 fully saturated rings. The fraction of sp³-hybridized carbons (Fsp3) is 0.176. The molecule has 0 spiro atoms. The zero-order valence-corrected chi connectivity index (χ0v) is 11.7. The molecular formula is C17H16O4. The summed E-state index contributed by atoms with van der Waals surface area (Å²) in [6.45, 7) is 2.04. The number of benzene rings is 2. The predicted molar refractivity (Wildman–Crippen MR) is 78.2 cm³/mol. The molecule has 0 radical (unpaired) electrons. The van der Waals surface area contributed by atoms with E-state index in [1.54, 1.807) is 25.1 Å². The minimum absolute atomic E-state index is 0.185.